The first-order valence-electron chi connectivity index (χ1n) is 6.34. The molecule has 0 aliphatic carbocycles. The Hall–Kier alpha value is -2.60. The van der Waals surface area contributed by atoms with E-state index in [1.807, 2.05) is 66.7 Å². The van der Waals surface area contributed by atoms with Gasteiger partial charge in [0.25, 0.3) is 0 Å². The van der Waals surface area contributed by atoms with Crippen LogP contribution in [-0.2, 0) is 10.2 Å². The second-order valence-electron chi connectivity index (χ2n) is 4.83. The summed E-state index contributed by atoms with van der Waals surface area (Å²) < 4.78 is 0. The van der Waals surface area contributed by atoms with E-state index >= 15 is 0 Å². The molecule has 0 heterocycles. The van der Waals surface area contributed by atoms with Crippen molar-refractivity contribution in [3.63, 3.8) is 0 Å². The number of carboxylic acids is 1. The first-order valence-corrected chi connectivity index (χ1v) is 6.34. The first-order chi connectivity index (χ1) is 9.60. The second kappa shape index (κ2) is 5.58. The molecular weight excluding hydrogens is 250 g/mol. The highest BCUT2D eigenvalue weighted by Crippen LogP contribution is 2.38. The zero-order valence-corrected chi connectivity index (χ0v) is 11.2. The van der Waals surface area contributed by atoms with Crippen LogP contribution in [0.25, 0.3) is 0 Å². The van der Waals surface area contributed by atoms with Crippen molar-refractivity contribution in [1.29, 1.82) is 5.26 Å². The van der Waals surface area contributed by atoms with Crippen molar-refractivity contribution in [2.45, 2.75) is 12.3 Å². The van der Waals surface area contributed by atoms with Crippen molar-refractivity contribution >= 4 is 5.97 Å². The molecule has 0 aliphatic heterocycles. The normalized spacial score (nSPS) is 12.4. The van der Waals surface area contributed by atoms with Crippen LogP contribution in [0.1, 0.15) is 18.1 Å². The van der Waals surface area contributed by atoms with E-state index in [9.17, 15) is 15.2 Å². The Morgan fingerprint density at radius 3 is 1.75 bits per heavy atom. The van der Waals surface area contributed by atoms with Crippen LogP contribution in [-0.4, -0.2) is 11.1 Å². The molecule has 2 aromatic carbocycles. The number of nitrogens with zero attached hydrogens (tertiary/aromatic N) is 1. The van der Waals surface area contributed by atoms with Crippen LogP contribution < -0.4 is 0 Å². The first kappa shape index (κ1) is 13.8. The summed E-state index contributed by atoms with van der Waals surface area (Å²) in [6.07, 6.45) is 0. The molecule has 2 rings (SSSR count). The molecule has 0 aliphatic rings. The molecule has 0 bridgehead atoms. The predicted octanol–water partition coefficient (Wildman–Crippen LogP) is 3.22. The fourth-order valence-electron chi connectivity index (χ4n) is 2.50. The van der Waals surface area contributed by atoms with Gasteiger partial charge in [-0.2, -0.15) is 5.26 Å². The number of nitriles is 1. The van der Waals surface area contributed by atoms with E-state index in [1.165, 1.54) is 0 Å². The van der Waals surface area contributed by atoms with E-state index in [4.69, 9.17) is 0 Å². The van der Waals surface area contributed by atoms with Crippen LogP contribution in [0.4, 0.5) is 0 Å². The SMILES string of the molecule is CC(c1ccccc1)(c1ccccc1)C(C#N)C(=O)O. The number of rotatable bonds is 4. The average molecular weight is 265 g/mol. The molecule has 0 radical (unpaired) electrons. The van der Waals surface area contributed by atoms with E-state index in [1.54, 1.807) is 6.92 Å². The molecule has 3 nitrogen and oxygen atoms in total. The van der Waals surface area contributed by atoms with Crippen LogP contribution in [0.3, 0.4) is 0 Å². The van der Waals surface area contributed by atoms with E-state index in [-0.39, 0.29) is 0 Å². The van der Waals surface area contributed by atoms with Crippen molar-refractivity contribution in [2.75, 3.05) is 0 Å². The summed E-state index contributed by atoms with van der Waals surface area (Å²) in [7, 11) is 0. The topological polar surface area (TPSA) is 61.1 Å². The third-order valence-corrected chi connectivity index (χ3v) is 3.70. The highest BCUT2D eigenvalue weighted by molar-refractivity contribution is 5.76. The number of benzene rings is 2. The lowest BCUT2D eigenvalue weighted by Crippen LogP contribution is -2.37. The molecule has 20 heavy (non-hydrogen) atoms. The van der Waals surface area contributed by atoms with Gasteiger partial charge >= 0.3 is 5.97 Å². The minimum Gasteiger partial charge on any atom is -0.480 e. The monoisotopic (exact) mass is 265 g/mol. The molecule has 1 atom stereocenters. The molecule has 3 heteroatoms. The van der Waals surface area contributed by atoms with Crippen LogP contribution in [0.5, 0.6) is 0 Å². The molecular formula is C17H15NO2. The van der Waals surface area contributed by atoms with Gasteiger partial charge in [-0.25, -0.2) is 0 Å². The van der Waals surface area contributed by atoms with Crippen LogP contribution in [0.2, 0.25) is 0 Å². The summed E-state index contributed by atoms with van der Waals surface area (Å²) in [5, 5.41) is 18.7. The quantitative estimate of drug-likeness (QED) is 0.923. The van der Waals surface area contributed by atoms with Crippen molar-refractivity contribution < 1.29 is 9.90 Å². The summed E-state index contributed by atoms with van der Waals surface area (Å²) in [5.41, 5.74) is 0.753. The van der Waals surface area contributed by atoms with E-state index in [2.05, 4.69) is 0 Å². The third kappa shape index (κ3) is 2.28. The van der Waals surface area contributed by atoms with Crippen molar-refractivity contribution in [1.82, 2.24) is 0 Å². The summed E-state index contributed by atoms with van der Waals surface area (Å²) in [6, 6.07) is 20.5. The average Bonchev–Trinajstić information content (AvgIpc) is 2.49. The predicted molar refractivity (Wildman–Crippen MR) is 76.1 cm³/mol. The van der Waals surface area contributed by atoms with Crippen LogP contribution >= 0.6 is 0 Å². The Labute approximate surface area is 118 Å². The Morgan fingerprint density at radius 1 is 1.05 bits per heavy atom. The molecule has 2 aromatic rings. The fourth-order valence-corrected chi connectivity index (χ4v) is 2.50. The van der Waals surface area contributed by atoms with Gasteiger partial charge in [-0.1, -0.05) is 60.7 Å². The molecule has 0 spiro atoms. The smallest absolute Gasteiger partial charge is 0.322 e. The van der Waals surface area contributed by atoms with Gasteiger partial charge in [-0.05, 0) is 18.1 Å². The number of hydrogen-bond acceptors (Lipinski definition) is 2. The Morgan fingerprint density at radius 2 is 1.45 bits per heavy atom. The van der Waals surface area contributed by atoms with Gasteiger partial charge in [0.05, 0.1) is 6.07 Å². The van der Waals surface area contributed by atoms with Crippen LogP contribution in [0.15, 0.2) is 60.7 Å². The second-order valence-corrected chi connectivity index (χ2v) is 4.83. The van der Waals surface area contributed by atoms with Crippen molar-refractivity contribution in [3.05, 3.63) is 71.8 Å². The lowest BCUT2D eigenvalue weighted by molar-refractivity contribution is -0.141. The molecule has 0 fully saturated rings. The zero-order chi connectivity index (χ0) is 14.6. The van der Waals surface area contributed by atoms with E-state index < -0.39 is 17.3 Å². The van der Waals surface area contributed by atoms with Gasteiger partial charge in [0, 0.05) is 5.41 Å². The number of carboxylic acid groups (broad SMARTS) is 1. The molecule has 0 saturated heterocycles. The summed E-state index contributed by atoms with van der Waals surface area (Å²) >= 11 is 0. The summed E-state index contributed by atoms with van der Waals surface area (Å²) in [6.45, 7) is 1.81. The summed E-state index contributed by atoms with van der Waals surface area (Å²) in [4.78, 5) is 11.5. The zero-order valence-electron chi connectivity index (χ0n) is 11.2. The number of carbonyl (C=O) groups is 1. The maximum absolute atomic E-state index is 11.5. The molecule has 100 valence electrons. The molecule has 1 unspecified atom stereocenters. The molecule has 0 aromatic heterocycles. The Bertz CT molecular complexity index is 590. The minimum atomic E-state index is -1.15. The molecule has 0 saturated carbocycles. The fraction of sp³-hybridized carbons (Fsp3) is 0.176. The third-order valence-electron chi connectivity index (χ3n) is 3.70. The van der Waals surface area contributed by atoms with Gasteiger partial charge in [0.2, 0.25) is 0 Å². The maximum atomic E-state index is 11.5. The van der Waals surface area contributed by atoms with Crippen molar-refractivity contribution in [3.8, 4) is 6.07 Å². The standard InChI is InChI=1S/C17H15NO2/c1-17(15(12-18)16(19)20,13-8-4-2-5-9-13)14-10-6-3-7-11-14/h2-11,15H,1H3,(H,19,20). The van der Waals surface area contributed by atoms with Gasteiger partial charge < -0.3 is 5.11 Å². The number of aliphatic carboxylic acids is 1. The summed E-state index contributed by atoms with van der Waals surface area (Å²) in [5.74, 6) is -2.25. The lowest BCUT2D eigenvalue weighted by atomic mass is 9.67. The Balaban J connectivity index is 2.67. The number of hydrogen-bond donors (Lipinski definition) is 1. The van der Waals surface area contributed by atoms with Gasteiger partial charge in [-0.3, -0.25) is 4.79 Å². The Kier molecular flexibility index (Phi) is 3.86. The highest BCUT2D eigenvalue weighted by atomic mass is 16.4. The largest absolute Gasteiger partial charge is 0.480 e. The highest BCUT2D eigenvalue weighted by Gasteiger charge is 2.42. The molecule has 0 amide bonds. The van der Waals surface area contributed by atoms with Crippen LogP contribution in [0, 0.1) is 17.2 Å². The van der Waals surface area contributed by atoms with E-state index in [0.29, 0.717) is 0 Å². The van der Waals surface area contributed by atoms with E-state index in [0.717, 1.165) is 11.1 Å². The maximum Gasteiger partial charge on any atom is 0.322 e. The lowest BCUT2D eigenvalue weighted by Gasteiger charge is -2.33. The van der Waals surface area contributed by atoms with Gasteiger partial charge in [0.1, 0.15) is 0 Å². The van der Waals surface area contributed by atoms with Crippen molar-refractivity contribution in [2.24, 2.45) is 5.92 Å². The molecule has 1 N–H and O–H groups in total. The van der Waals surface area contributed by atoms with Gasteiger partial charge in [-0.15, -0.1) is 0 Å². The minimum absolute atomic E-state index is 0.820. The van der Waals surface area contributed by atoms with Gasteiger partial charge in [0.15, 0.2) is 5.92 Å².